The second kappa shape index (κ2) is 23.5. The van der Waals surface area contributed by atoms with Crippen molar-refractivity contribution in [2.75, 3.05) is 31.7 Å². The SMILES string of the molecule is CNC(=O)C[C@@H]1NC(=O)c2csc(n2)-c2ccc(-c3nc(NS(C)(=O)=O)cs3)nc2-c2csc(n2)-c2csc(n2)[C@H]([C@@H](O)c2ccccc2)NC(=O)CNC(=O)c2nc(sc2COC)[C@@H](C(C)C)CC(=O)c2nc1sc2C. The van der Waals surface area contributed by atoms with Gasteiger partial charge >= 0.3 is 0 Å². The number of amides is 4. The van der Waals surface area contributed by atoms with Gasteiger partial charge in [-0.05, 0) is 30.5 Å². The number of pyridine rings is 1. The molecule has 6 N–H and O–H groups in total. The van der Waals surface area contributed by atoms with Gasteiger partial charge in [0, 0.05) is 58.5 Å². The van der Waals surface area contributed by atoms with Gasteiger partial charge in [0.25, 0.3) is 11.8 Å². The molecule has 400 valence electrons. The number of aliphatic hydroxyl groups excluding tert-OH is 1. The molecule has 8 aromatic rings. The Morgan fingerprint density at radius 2 is 1.47 bits per heavy atom. The number of carbonyl (C=O) groups excluding carboxylic acids is 5. The van der Waals surface area contributed by atoms with Crippen LogP contribution in [0.5, 0.6) is 0 Å². The Kier molecular flexibility index (Phi) is 16.9. The summed E-state index contributed by atoms with van der Waals surface area (Å²) in [4.78, 5) is 104. The fourth-order valence-corrected chi connectivity index (χ4v) is 14.2. The number of hydrogen-bond acceptors (Lipinski definition) is 22. The van der Waals surface area contributed by atoms with E-state index in [0.29, 0.717) is 73.7 Å². The maximum Gasteiger partial charge on any atom is 0.271 e. The number of aryl methyl sites for hydroxylation is 1. The molecule has 21 nitrogen and oxygen atoms in total. The predicted octanol–water partition coefficient (Wildman–Crippen LogP) is 7.57. The quantitative estimate of drug-likeness (QED) is 0.0769. The minimum atomic E-state index is -3.62. The molecule has 0 saturated heterocycles. The smallest absolute Gasteiger partial charge is 0.271 e. The van der Waals surface area contributed by atoms with Gasteiger partial charge in [-0.2, -0.15) is 0 Å². The molecule has 28 heteroatoms. The van der Waals surface area contributed by atoms with Crippen molar-refractivity contribution in [3.63, 3.8) is 0 Å². The molecule has 0 fully saturated rings. The second-order valence-electron chi connectivity index (χ2n) is 17.8. The molecular formula is C49H48N12O9S7. The summed E-state index contributed by atoms with van der Waals surface area (Å²) in [6, 6.07) is 10.2. The van der Waals surface area contributed by atoms with Gasteiger partial charge in [-0.25, -0.2) is 43.3 Å². The summed E-state index contributed by atoms with van der Waals surface area (Å²) in [6.07, 6.45) is -0.475. The molecule has 0 aliphatic carbocycles. The lowest BCUT2D eigenvalue weighted by Gasteiger charge is -2.23. The van der Waals surface area contributed by atoms with Crippen LogP contribution in [-0.4, -0.2) is 105 Å². The van der Waals surface area contributed by atoms with E-state index >= 15 is 0 Å². The van der Waals surface area contributed by atoms with Crippen LogP contribution in [0.2, 0.25) is 0 Å². The number of anilines is 1. The van der Waals surface area contributed by atoms with Crippen LogP contribution in [0.1, 0.15) is 113 Å². The third-order valence-electron chi connectivity index (χ3n) is 11.9. The first kappa shape index (κ1) is 55.1. The minimum absolute atomic E-state index is 0.0310. The first-order valence-electron chi connectivity index (χ1n) is 23.5. The number of nitrogens with zero attached hydrogens (tertiary/aromatic N) is 7. The van der Waals surface area contributed by atoms with Crippen LogP contribution in [0.15, 0.2) is 64.0 Å². The Morgan fingerprint density at radius 3 is 2.21 bits per heavy atom. The molecule has 0 unspecified atom stereocenters. The molecule has 0 spiro atoms. The number of ketones is 1. The average molecular weight is 1170 g/mol. The number of fused-ring (bicyclic) bond motifs is 14. The lowest BCUT2D eigenvalue weighted by Crippen LogP contribution is -2.40. The molecule has 10 bridgehead atoms. The number of aliphatic hydroxyl groups is 1. The predicted molar refractivity (Wildman–Crippen MR) is 297 cm³/mol. The molecule has 4 atom stereocenters. The molecule has 4 amide bonds. The third-order valence-corrected chi connectivity index (χ3v) is 18.3. The number of methoxy groups -OCH3 is 1. The van der Waals surface area contributed by atoms with Crippen LogP contribution in [0.25, 0.3) is 43.4 Å². The van der Waals surface area contributed by atoms with E-state index in [9.17, 15) is 37.5 Å². The number of rotatable bonds is 10. The van der Waals surface area contributed by atoms with Gasteiger partial charge in [0.15, 0.2) is 11.6 Å². The monoisotopic (exact) mass is 1170 g/mol. The molecule has 8 heterocycles. The number of hydrogen-bond donors (Lipinski definition) is 6. The molecule has 0 saturated carbocycles. The standard InChI is InChI=1S/C49H48N12O9S7/c1-22(2)26-14-32(62)37-23(3)75-48(59-37)28(15-35(63)50-4)53-42(66)30-19-71-44(55-30)25-12-13-27(46-57-34(21-74-46)61-77(6,68)69)52-38(25)29-18-72-47(54-29)31-20-73-49(56-31)40(41(65)24-10-8-7-9-11-24)58-36(64)16-51-43(67)39-33(17-70-5)76-45(26)60-39/h7-13,18-22,26,28,40-41,61,65H,14-17H2,1-6H3,(H,50,63)(H,51,67)(H,53,66)(H,58,64)/t26-,28+,40+,41+/m1/s1. The molecular weight excluding hydrogens is 1130 g/mol. The molecule has 9 rings (SSSR count). The van der Waals surface area contributed by atoms with E-state index < -0.39 is 58.4 Å². The summed E-state index contributed by atoms with van der Waals surface area (Å²) in [5, 5.41) is 32.0. The molecule has 0 radical (unpaired) electrons. The molecule has 1 aliphatic rings. The van der Waals surface area contributed by atoms with Crippen molar-refractivity contribution in [1.29, 1.82) is 0 Å². The van der Waals surface area contributed by atoms with Gasteiger partial charge in [0.1, 0.15) is 71.3 Å². The highest BCUT2D eigenvalue weighted by Gasteiger charge is 2.33. The number of carbonyl (C=O) groups is 5. The molecule has 1 aliphatic heterocycles. The van der Waals surface area contributed by atoms with E-state index in [2.05, 4.69) is 31.0 Å². The fraction of sp³-hybridized carbons (Fsp3) is 0.306. The topological polar surface area (TPSA) is 299 Å². The first-order valence-corrected chi connectivity index (χ1v) is 30.5. The maximum absolute atomic E-state index is 14.3. The minimum Gasteiger partial charge on any atom is -0.386 e. The van der Waals surface area contributed by atoms with E-state index in [1.54, 1.807) is 70.9 Å². The summed E-state index contributed by atoms with van der Waals surface area (Å²) < 4.78 is 31.9. The third kappa shape index (κ3) is 12.7. The lowest BCUT2D eigenvalue weighted by atomic mass is 9.90. The summed E-state index contributed by atoms with van der Waals surface area (Å²) in [5.41, 5.74) is 2.80. The zero-order valence-corrected chi connectivity index (χ0v) is 47.5. The number of nitrogens with one attached hydrogen (secondary N) is 5. The van der Waals surface area contributed by atoms with E-state index in [0.717, 1.165) is 6.26 Å². The van der Waals surface area contributed by atoms with E-state index in [1.807, 2.05) is 13.8 Å². The number of ether oxygens (including phenoxy) is 1. The highest BCUT2D eigenvalue weighted by molar-refractivity contribution is 7.92. The highest BCUT2D eigenvalue weighted by atomic mass is 32.2. The zero-order valence-electron chi connectivity index (χ0n) is 41.8. The number of thiazole rings is 6. The Balaban J connectivity index is 1.14. The Labute approximate surface area is 465 Å². The van der Waals surface area contributed by atoms with Crippen molar-refractivity contribution < 1.29 is 42.2 Å². The van der Waals surface area contributed by atoms with Crippen molar-refractivity contribution in [2.45, 2.75) is 64.3 Å². The largest absolute Gasteiger partial charge is 0.386 e. The number of Topliss-reactive ketones (excluding diaryl/α,β-unsaturated/α-hetero) is 1. The van der Waals surface area contributed by atoms with Gasteiger partial charge in [0.2, 0.25) is 21.8 Å². The van der Waals surface area contributed by atoms with E-state index in [4.69, 9.17) is 34.6 Å². The normalized spacial score (nSPS) is 17.1. The fourth-order valence-electron chi connectivity index (χ4n) is 8.08. The van der Waals surface area contributed by atoms with Crippen molar-refractivity contribution in [3.05, 3.63) is 111 Å². The Morgan fingerprint density at radius 1 is 0.766 bits per heavy atom. The van der Waals surface area contributed by atoms with E-state index in [1.165, 1.54) is 82.2 Å². The number of benzene rings is 1. The number of aromatic nitrogens is 7. The van der Waals surface area contributed by atoms with Crippen molar-refractivity contribution in [3.8, 4) is 43.4 Å². The summed E-state index contributed by atoms with van der Waals surface area (Å²) in [7, 11) is -0.665. The average Bonchev–Trinajstić information content (AvgIpc) is 4.31. The van der Waals surface area contributed by atoms with Crippen LogP contribution < -0.4 is 26.0 Å². The Hall–Kier alpha value is -6.63. The molecule has 7 aromatic heterocycles. The summed E-state index contributed by atoms with van der Waals surface area (Å²) in [5.74, 6) is -3.06. The zero-order chi connectivity index (χ0) is 54.7. The summed E-state index contributed by atoms with van der Waals surface area (Å²) >= 11 is 7.20. The van der Waals surface area contributed by atoms with Crippen LogP contribution in [-0.2, 0) is 31.0 Å². The van der Waals surface area contributed by atoms with Crippen molar-refractivity contribution in [1.82, 2.24) is 56.2 Å². The van der Waals surface area contributed by atoms with Crippen LogP contribution in [0.4, 0.5) is 5.82 Å². The van der Waals surface area contributed by atoms with Gasteiger partial charge in [0.05, 0.1) is 47.4 Å². The molecule has 1 aromatic carbocycles. The van der Waals surface area contributed by atoms with Crippen LogP contribution in [0, 0.1) is 12.8 Å². The van der Waals surface area contributed by atoms with Gasteiger partial charge < -0.3 is 31.1 Å². The van der Waals surface area contributed by atoms with Crippen LogP contribution in [0.3, 0.4) is 0 Å². The van der Waals surface area contributed by atoms with Crippen molar-refractivity contribution in [2.24, 2.45) is 5.92 Å². The first-order chi connectivity index (χ1) is 36.9. The van der Waals surface area contributed by atoms with Gasteiger partial charge in [-0.1, -0.05) is 44.2 Å². The van der Waals surface area contributed by atoms with E-state index in [-0.39, 0.29) is 60.0 Å². The lowest BCUT2D eigenvalue weighted by molar-refractivity contribution is -0.122. The summed E-state index contributed by atoms with van der Waals surface area (Å²) in [6.45, 7) is 5.16. The van der Waals surface area contributed by atoms with Crippen LogP contribution >= 0.6 is 68.0 Å². The van der Waals surface area contributed by atoms with Gasteiger partial charge in [-0.15, -0.1) is 68.0 Å². The van der Waals surface area contributed by atoms with Crippen molar-refractivity contribution >= 4 is 113 Å². The molecule has 77 heavy (non-hydrogen) atoms. The number of sulfonamides is 1. The second-order valence-corrected chi connectivity index (χ2v) is 25.4. The Bertz CT molecular complexity index is 3620. The van der Waals surface area contributed by atoms with Gasteiger partial charge in [-0.3, -0.25) is 28.7 Å². The highest BCUT2D eigenvalue weighted by Crippen LogP contribution is 2.40. The maximum atomic E-state index is 14.3.